The van der Waals surface area contributed by atoms with Crippen molar-refractivity contribution in [1.82, 2.24) is 4.57 Å². The molecule has 0 atom stereocenters. The van der Waals surface area contributed by atoms with E-state index in [1.165, 1.54) is 38.5 Å². The normalized spacial score (nSPS) is 12.2. The minimum Gasteiger partial charge on any atom is -0.309 e. The van der Waals surface area contributed by atoms with Gasteiger partial charge in [0.1, 0.15) is 7.85 Å². The Balaban J connectivity index is 2.04. The lowest BCUT2D eigenvalue weighted by Gasteiger charge is -2.19. The van der Waals surface area contributed by atoms with Gasteiger partial charge in [0.05, 0.1) is 11.0 Å². The van der Waals surface area contributed by atoms with Gasteiger partial charge in [-0.15, -0.1) is 0 Å². The first kappa shape index (κ1) is 16.5. The van der Waals surface area contributed by atoms with Crippen LogP contribution in [0.5, 0.6) is 0 Å². The number of hydrogen-bond acceptors (Lipinski definition) is 0. The zero-order valence-corrected chi connectivity index (χ0v) is 16.7. The van der Waals surface area contributed by atoms with Crippen LogP contribution in [0.2, 0.25) is 0 Å². The van der Waals surface area contributed by atoms with Crippen LogP contribution in [0.3, 0.4) is 0 Å². The average Bonchev–Trinajstić information content (AvgIpc) is 2.86. The lowest BCUT2D eigenvalue weighted by molar-refractivity contribution is 0.590. The van der Waals surface area contributed by atoms with Gasteiger partial charge in [0.15, 0.2) is 0 Å². The van der Waals surface area contributed by atoms with Crippen molar-refractivity contribution in [3.05, 3.63) is 70.7 Å². The van der Waals surface area contributed by atoms with Gasteiger partial charge >= 0.3 is 0 Å². The summed E-state index contributed by atoms with van der Waals surface area (Å²) in [7, 11) is 2.15. The van der Waals surface area contributed by atoms with Crippen LogP contribution in [0.1, 0.15) is 26.3 Å². The van der Waals surface area contributed by atoms with Crippen molar-refractivity contribution < 1.29 is 0 Å². The smallest absolute Gasteiger partial charge is 0.139 e. The molecule has 0 fully saturated rings. The third-order valence-corrected chi connectivity index (χ3v) is 5.37. The van der Waals surface area contributed by atoms with Crippen molar-refractivity contribution in [3.8, 4) is 5.69 Å². The summed E-state index contributed by atoms with van der Waals surface area (Å²) in [5.74, 6) is 0. The fourth-order valence-corrected chi connectivity index (χ4v) is 3.84. The standard InChI is InChI=1S/C22H21BBrN/c1-22(2,3)14-4-8-17(9-5-14)25-20-12-15(23)6-10-18(20)19-11-7-16(24)13-21(19)25/h4-13H,23H2,1-3H3. The van der Waals surface area contributed by atoms with Crippen LogP contribution in [-0.2, 0) is 5.41 Å². The van der Waals surface area contributed by atoms with Crippen molar-refractivity contribution in [3.63, 3.8) is 0 Å². The number of halogens is 1. The van der Waals surface area contributed by atoms with Crippen LogP contribution in [0.25, 0.3) is 27.5 Å². The number of rotatable bonds is 1. The summed E-state index contributed by atoms with van der Waals surface area (Å²) in [5, 5.41) is 2.59. The first-order chi connectivity index (χ1) is 11.8. The van der Waals surface area contributed by atoms with Gasteiger partial charge in [-0.2, -0.15) is 0 Å². The molecule has 0 radical (unpaired) electrons. The molecular weight excluding hydrogens is 369 g/mol. The van der Waals surface area contributed by atoms with E-state index >= 15 is 0 Å². The first-order valence-corrected chi connectivity index (χ1v) is 9.45. The molecule has 1 aromatic heterocycles. The molecule has 1 heterocycles. The second-order valence-electron chi connectivity index (χ2n) is 7.81. The Kier molecular flexibility index (Phi) is 3.80. The Hall–Kier alpha value is -2.00. The van der Waals surface area contributed by atoms with Crippen LogP contribution >= 0.6 is 15.9 Å². The summed E-state index contributed by atoms with van der Waals surface area (Å²) in [5.41, 5.74) is 6.50. The molecule has 0 bridgehead atoms. The highest BCUT2D eigenvalue weighted by Crippen LogP contribution is 2.33. The Labute approximate surface area is 158 Å². The number of aromatic nitrogens is 1. The van der Waals surface area contributed by atoms with Gasteiger partial charge in [0.25, 0.3) is 0 Å². The van der Waals surface area contributed by atoms with E-state index in [1.807, 2.05) is 0 Å². The fourth-order valence-electron chi connectivity index (χ4n) is 3.49. The Morgan fingerprint density at radius 1 is 0.800 bits per heavy atom. The number of nitrogens with zero attached hydrogens (tertiary/aromatic N) is 1. The predicted octanol–water partition coefficient (Wildman–Crippen LogP) is 5.10. The summed E-state index contributed by atoms with van der Waals surface area (Å²) in [6.45, 7) is 6.76. The molecule has 1 nitrogen and oxygen atoms in total. The van der Waals surface area contributed by atoms with Crippen molar-refractivity contribution in [2.45, 2.75) is 26.2 Å². The van der Waals surface area contributed by atoms with E-state index in [9.17, 15) is 0 Å². The maximum Gasteiger partial charge on any atom is 0.139 e. The largest absolute Gasteiger partial charge is 0.309 e. The van der Waals surface area contributed by atoms with Crippen molar-refractivity contribution in [2.24, 2.45) is 0 Å². The highest BCUT2D eigenvalue weighted by Gasteiger charge is 2.15. The third kappa shape index (κ3) is 2.81. The molecule has 0 aliphatic carbocycles. The zero-order chi connectivity index (χ0) is 17.8. The van der Waals surface area contributed by atoms with Crippen LogP contribution in [-0.4, -0.2) is 12.4 Å². The molecule has 3 aromatic carbocycles. The van der Waals surface area contributed by atoms with Crippen LogP contribution in [0.15, 0.2) is 65.1 Å². The summed E-state index contributed by atoms with van der Waals surface area (Å²) >= 11 is 3.64. The molecular formula is C22H21BBrN. The zero-order valence-electron chi connectivity index (χ0n) is 15.1. The van der Waals surface area contributed by atoms with Gasteiger partial charge < -0.3 is 4.57 Å². The number of fused-ring (bicyclic) bond motifs is 3. The van der Waals surface area contributed by atoms with E-state index in [1.54, 1.807) is 0 Å². The summed E-state index contributed by atoms with van der Waals surface area (Å²) < 4.78 is 3.47. The molecule has 0 N–H and O–H groups in total. The second-order valence-corrected chi connectivity index (χ2v) is 8.73. The molecule has 4 aromatic rings. The topological polar surface area (TPSA) is 4.93 Å². The summed E-state index contributed by atoms with van der Waals surface area (Å²) in [6, 6.07) is 22.2. The first-order valence-electron chi connectivity index (χ1n) is 8.66. The van der Waals surface area contributed by atoms with E-state index in [4.69, 9.17) is 0 Å². The summed E-state index contributed by atoms with van der Waals surface area (Å²) in [6.07, 6.45) is 0. The molecule has 124 valence electrons. The molecule has 0 saturated carbocycles. The van der Waals surface area contributed by atoms with E-state index in [2.05, 4.69) is 110 Å². The molecule has 0 spiro atoms. The monoisotopic (exact) mass is 389 g/mol. The van der Waals surface area contributed by atoms with Crippen molar-refractivity contribution in [2.75, 3.05) is 0 Å². The van der Waals surface area contributed by atoms with Gasteiger partial charge in [-0.3, -0.25) is 0 Å². The van der Waals surface area contributed by atoms with Gasteiger partial charge in [0, 0.05) is 20.9 Å². The van der Waals surface area contributed by atoms with E-state index < -0.39 is 0 Å². The molecule has 0 amide bonds. The highest BCUT2D eigenvalue weighted by atomic mass is 79.9. The van der Waals surface area contributed by atoms with Gasteiger partial charge in [-0.1, -0.05) is 72.5 Å². The molecule has 0 saturated heterocycles. The maximum atomic E-state index is 3.64. The quantitative estimate of drug-likeness (QED) is 0.399. The van der Waals surface area contributed by atoms with Crippen LogP contribution in [0, 0.1) is 0 Å². The Morgan fingerprint density at radius 3 is 2.04 bits per heavy atom. The van der Waals surface area contributed by atoms with Gasteiger partial charge in [0.2, 0.25) is 0 Å². The third-order valence-electron chi connectivity index (χ3n) is 4.88. The SMILES string of the molecule is Bc1ccc2c3ccc(Br)cc3n(-c3ccc(C(C)(C)C)cc3)c2c1. The van der Waals surface area contributed by atoms with Gasteiger partial charge in [-0.25, -0.2) is 0 Å². The number of hydrogen-bond donors (Lipinski definition) is 0. The maximum absolute atomic E-state index is 3.64. The second kappa shape index (κ2) is 5.77. The minimum atomic E-state index is 0.166. The summed E-state index contributed by atoms with van der Waals surface area (Å²) in [4.78, 5) is 0. The molecule has 0 unspecified atom stereocenters. The lowest BCUT2D eigenvalue weighted by atomic mass is 9.87. The van der Waals surface area contributed by atoms with Crippen LogP contribution < -0.4 is 5.46 Å². The van der Waals surface area contributed by atoms with Crippen molar-refractivity contribution >= 4 is 51.0 Å². The van der Waals surface area contributed by atoms with E-state index in [0.717, 1.165) is 4.47 Å². The molecule has 0 aliphatic heterocycles. The molecule has 3 heteroatoms. The van der Waals surface area contributed by atoms with E-state index in [0.29, 0.717) is 0 Å². The molecule has 4 rings (SSSR count). The Bertz CT molecular complexity index is 1030. The fraction of sp³-hybridized carbons (Fsp3) is 0.182. The lowest BCUT2D eigenvalue weighted by Crippen LogP contribution is -2.10. The molecule has 25 heavy (non-hydrogen) atoms. The van der Waals surface area contributed by atoms with E-state index in [-0.39, 0.29) is 5.41 Å². The average molecular weight is 390 g/mol. The van der Waals surface area contributed by atoms with Crippen molar-refractivity contribution in [1.29, 1.82) is 0 Å². The number of benzene rings is 3. The molecule has 0 aliphatic rings. The van der Waals surface area contributed by atoms with Gasteiger partial charge in [-0.05, 0) is 41.3 Å². The van der Waals surface area contributed by atoms with Crippen LogP contribution in [0.4, 0.5) is 0 Å². The predicted molar refractivity (Wildman–Crippen MR) is 115 cm³/mol. The highest BCUT2D eigenvalue weighted by molar-refractivity contribution is 9.10. The Morgan fingerprint density at radius 2 is 1.40 bits per heavy atom. The minimum absolute atomic E-state index is 0.166.